The molecule has 0 radical (unpaired) electrons. The van der Waals surface area contributed by atoms with Gasteiger partial charge in [0.1, 0.15) is 72.5 Å². The first-order chi connectivity index (χ1) is 43.5. The SMILES string of the molecule is C/C=C/C[C@@H](C)[C@@H](O)[C@H]1C(=O)N[C@@H](CC)C(=O)N(C)[C@H](CSC[C@H](N)C(=O)OC)C(=O)N(C)[C@@H](CC(C)C)C(=O)N[C@@H](C(C)C)C(=O)N(C)[C@@H](CC(C)C)C(=O)N[C@@H](C)C(=O)N[C@H](C)C(=O)N(C)[C@@H](CC(C)C)C(=O)N(C)[C@@H](CC(C)C)C(=O)N(C)[C@@H](C(C)C)C(=O)N1C. The van der Waals surface area contributed by atoms with Gasteiger partial charge in [0.2, 0.25) is 65.0 Å². The maximum atomic E-state index is 15.3. The standard InChI is InChI=1S/C67H120N12O14S/c1-26-28-29-42(15)55(80)54-59(84)71-46(27-2)61(86)77(22)51(35-94-34-45(68)67(92)93-25)64(89)73(18)48(31-37(5)6)58(83)72-52(40(11)12)65(90)74(19)47(30-36(3)4)57(82)69-43(16)56(81)70-44(17)60(85)75(20)49(32-38(7)8)62(87)76(21)50(33-39(9)10)63(88)78(23)53(41(13)14)66(91)79(54)24/h26,28,36-55,80H,27,29-35,68H2,1-25H3,(H,69,82)(H,70,81)(H,71,84)(H,72,83)/b28-26+/t42-,43+,44-,45+,46+,47+,48+,49+,50+,51-,52+,53+,54+,55-/m1/s1. The van der Waals surface area contributed by atoms with E-state index in [1.54, 1.807) is 60.6 Å². The Bertz CT molecular complexity index is 2600. The van der Waals surface area contributed by atoms with Crippen LogP contribution in [0.5, 0.6) is 0 Å². The smallest absolute Gasteiger partial charge is 0.323 e. The average Bonchev–Trinajstić information content (AvgIpc) is 0.810. The van der Waals surface area contributed by atoms with Gasteiger partial charge < -0.3 is 71.1 Å². The highest BCUT2D eigenvalue weighted by Gasteiger charge is 2.46. The summed E-state index contributed by atoms with van der Waals surface area (Å²) < 4.78 is 4.84. The molecule has 0 unspecified atom stereocenters. The van der Waals surface area contributed by atoms with E-state index >= 15 is 28.8 Å². The number of nitrogens with one attached hydrogen (secondary N) is 4. The number of allylic oxidation sites excluding steroid dienone is 2. The number of amides is 11. The zero-order valence-corrected chi connectivity index (χ0v) is 62.0. The number of nitrogens with zero attached hydrogens (tertiary/aromatic N) is 7. The number of likely N-dealkylation sites (N-methyl/N-ethyl adjacent to an activating group) is 7. The predicted molar refractivity (Wildman–Crippen MR) is 365 cm³/mol. The Morgan fingerprint density at radius 3 is 1.36 bits per heavy atom. The summed E-state index contributed by atoms with van der Waals surface area (Å²) in [6.45, 7) is 29.6. The van der Waals surface area contributed by atoms with Gasteiger partial charge in [0.25, 0.3) is 0 Å². The number of hydrogen-bond acceptors (Lipinski definition) is 16. The Morgan fingerprint density at radius 1 is 0.511 bits per heavy atom. The van der Waals surface area contributed by atoms with Crippen molar-refractivity contribution in [2.24, 2.45) is 47.2 Å². The molecule has 0 bridgehead atoms. The van der Waals surface area contributed by atoms with E-state index in [1.165, 1.54) is 94.8 Å². The van der Waals surface area contributed by atoms with Crippen LogP contribution in [0, 0.1) is 41.4 Å². The summed E-state index contributed by atoms with van der Waals surface area (Å²) in [6.07, 6.45) is 2.63. The molecule has 11 amide bonds. The molecule has 94 heavy (non-hydrogen) atoms. The van der Waals surface area contributed by atoms with Gasteiger partial charge in [0.15, 0.2) is 0 Å². The molecule has 1 rings (SSSR count). The maximum absolute atomic E-state index is 15.3. The van der Waals surface area contributed by atoms with E-state index in [1.807, 2.05) is 55.4 Å². The topological polar surface area (TPSA) is 331 Å². The van der Waals surface area contributed by atoms with E-state index in [4.69, 9.17) is 10.5 Å². The number of carbonyl (C=O) groups is 12. The lowest BCUT2D eigenvalue weighted by molar-refractivity contribution is -0.157. The molecular weight excluding hydrogens is 1230 g/mol. The molecule has 27 heteroatoms. The zero-order chi connectivity index (χ0) is 72.8. The van der Waals surface area contributed by atoms with Gasteiger partial charge in [-0.3, -0.25) is 57.5 Å². The molecular formula is C67H120N12O14S. The number of rotatable bonds is 20. The van der Waals surface area contributed by atoms with Crippen LogP contribution in [0.2, 0.25) is 0 Å². The molecule has 1 aliphatic rings. The van der Waals surface area contributed by atoms with Gasteiger partial charge in [-0.15, -0.1) is 0 Å². The lowest BCUT2D eigenvalue weighted by Crippen LogP contribution is -2.64. The number of nitrogens with two attached hydrogens (primary N) is 1. The Labute approximate surface area is 565 Å². The van der Waals surface area contributed by atoms with Crippen LogP contribution in [0.15, 0.2) is 12.2 Å². The molecule has 1 saturated heterocycles. The molecule has 538 valence electrons. The van der Waals surface area contributed by atoms with Crippen molar-refractivity contribution in [1.29, 1.82) is 0 Å². The highest BCUT2D eigenvalue weighted by molar-refractivity contribution is 7.99. The molecule has 1 heterocycles. The van der Waals surface area contributed by atoms with Crippen LogP contribution in [-0.2, 0) is 62.3 Å². The Morgan fingerprint density at radius 2 is 0.915 bits per heavy atom. The van der Waals surface area contributed by atoms with Crippen molar-refractivity contribution >= 4 is 82.7 Å². The average molecular weight is 1350 g/mol. The number of methoxy groups -OCH3 is 1. The van der Waals surface area contributed by atoms with Crippen LogP contribution in [0.25, 0.3) is 0 Å². The van der Waals surface area contributed by atoms with Gasteiger partial charge in [0.05, 0.1) is 13.2 Å². The van der Waals surface area contributed by atoms with Crippen LogP contribution in [-0.4, -0.2) is 257 Å². The maximum Gasteiger partial charge on any atom is 0.323 e. The first-order valence-electron chi connectivity index (χ1n) is 33.3. The van der Waals surface area contributed by atoms with Crippen molar-refractivity contribution in [2.45, 2.75) is 235 Å². The Balaban J connectivity index is 4.57. The summed E-state index contributed by atoms with van der Waals surface area (Å²) in [4.78, 5) is 185. The molecule has 26 nitrogen and oxygen atoms in total. The van der Waals surface area contributed by atoms with E-state index in [2.05, 4.69) is 21.3 Å². The fourth-order valence-corrected chi connectivity index (χ4v) is 12.6. The summed E-state index contributed by atoms with van der Waals surface area (Å²) in [5.41, 5.74) is 6.14. The lowest BCUT2D eigenvalue weighted by Gasteiger charge is -2.41. The van der Waals surface area contributed by atoms with Crippen LogP contribution in [0.3, 0.4) is 0 Å². The first kappa shape index (κ1) is 85.7. The minimum atomic E-state index is -1.69. The summed E-state index contributed by atoms with van der Waals surface area (Å²) in [5.74, 6) is -11.6. The second-order valence-corrected chi connectivity index (χ2v) is 29.0. The van der Waals surface area contributed by atoms with Crippen LogP contribution in [0.4, 0.5) is 0 Å². The zero-order valence-electron chi connectivity index (χ0n) is 61.2. The minimum absolute atomic E-state index is 0.0625. The van der Waals surface area contributed by atoms with Gasteiger partial charge in [-0.05, 0) is 101 Å². The summed E-state index contributed by atoms with van der Waals surface area (Å²) in [6, 6.07) is -15.5. The molecule has 0 aliphatic carbocycles. The largest absolute Gasteiger partial charge is 0.468 e. The Kier molecular flexibility index (Phi) is 36.1. The van der Waals surface area contributed by atoms with Gasteiger partial charge in [-0.2, -0.15) is 11.8 Å². The number of aliphatic hydroxyl groups is 1. The van der Waals surface area contributed by atoms with Gasteiger partial charge in [-0.25, -0.2) is 0 Å². The second kappa shape index (κ2) is 39.6. The predicted octanol–water partition coefficient (Wildman–Crippen LogP) is 2.87. The van der Waals surface area contributed by atoms with Gasteiger partial charge in [0, 0.05) is 60.8 Å². The van der Waals surface area contributed by atoms with Crippen LogP contribution in [0.1, 0.15) is 156 Å². The fourth-order valence-electron chi connectivity index (χ4n) is 11.5. The van der Waals surface area contributed by atoms with E-state index < -0.39 is 167 Å². The van der Waals surface area contributed by atoms with Gasteiger partial charge >= 0.3 is 5.97 Å². The normalized spacial score (nSPS) is 26.5. The minimum Gasteiger partial charge on any atom is -0.468 e. The summed E-state index contributed by atoms with van der Waals surface area (Å²) >= 11 is 1.05. The molecule has 0 aromatic carbocycles. The molecule has 0 spiro atoms. The number of hydrogen-bond donors (Lipinski definition) is 6. The van der Waals surface area contributed by atoms with Crippen molar-refractivity contribution in [1.82, 2.24) is 55.6 Å². The first-order valence-corrected chi connectivity index (χ1v) is 34.4. The highest BCUT2D eigenvalue weighted by Crippen LogP contribution is 2.26. The van der Waals surface area contributed by atoms with Gasteiger partial charge in [-0.1, -0.05) is 109 Å². The third kappa shape index (κ3) is 24.1. The molecule has 0 saturated carbocycles. The number of thioether (sulfide) groups is 1. The highest BCUT2D eigenvalue weighted by atomic mass is 32.2. The van der Waals surface area contributed by atoms with Crippen molar-refractivity contribution in [3.8, 4) is 0 Å². The monoisotopic (exact) mass is 1350 g/mol. The van der Waals surface area contributed by atoms with Crippen LogP contribution >= 0.6 is 11.8 Å². The quantitative estimate of drug-likeness (QED) is 0.0754. The third-order valence-electron chi connectivity index (χ3n) is 17.5. The summed E-state index contributed by atoms with van der Waals surface area (Å²) in [5, 5.41) is 23.3. The molecule has 1 fully saturated rings. The number of aliphatic hydroxyl groups excluding tert-OH is 1. The van der Waals surface area contributed by atoms with Crippen molar-refractivity contribution in [2.75, 3.05) is 67.9 Å². The molecule has 0 aromatic heterocycles. The van der Waals surface area contributed by atoms with Crippen molar-refractivity contribution in [3.05, 3.63) is 12.2 Å². The van der Waals surface area contributed by atoms with Crippen molar-refractivity contribution in [3.63, 3.8) is 0 Å². The molecule has 0 aromatic rings. The molecule has 14 atom stereocenters. The van der Waals surface area contributed by atoms with E-state index in [0.29, 0.717) is 0 Å². The van der Waals surface area contributed by atoms with Crippen molar-refractivity contribution < 1.29 is 67.4 Å². The Hall–Kier alpha value is -6.35. The molecule has 1 aliphatic heterocycles. The second-order valence-electron chi connectivity index (χ2n) is 28.0. The fraction of sp³-hybridized carbons (Fsp3) is 0.791. The van der Waals surface area contributed by atoms with E-state index in [9.17, 15) is 33.9 Å². The van der Waals surface area contributed by atoms with E-state index in [0.717, 1.165) is 21.6 Å². The lowest BCUT2D eigenvalue weighted by atomic mass is 9.91. The van der Waals surface area contributed by atoms with Crippen LogP contribution < -0.4 is 27.0 Å². The number of esters is 1. The number of carbonyl (C=O) groups excluding carboxylic acids is 12. The molecule has 7 N–H and O–H groups in total. The third-order valence-corrected chi connectivity index (χ3v) is 18.6. The van der Waals surface area contributed by atoms with E-state index in [-0.39, 0.29) is 73.7 Å². The summed E-state index contributed by atoms with van der Waals surface area (Å²) in [7, 11) is 11.0. The number of ether oxygens (including phenoxy) is 1.